The van der Waals surface area contributed by atoms with E-state index in [4.69, 9.17) is 4.74 Å². The molecule has 3 nitrogen and oxygen atoms in total. The molecular weight excluding hydrogens is 144 g/mol. The van der Waals surface area contributed by atoms with Gasteiger partial charge in [-0.25, -0.2) is 4.79 Å². The Morgan fingerprint density at radius 2 is 2.55 bits per heavy atom. The highest BCUT2D eigenvalue weighted by molar-refractivity contribution is 5.83. The molecule has 0 bridgehead atoms. The summed E-state index contributed by atoms with van der Waals surface area (Å²) in [5.74, 6) is -0.401. The summed E-state index contributed by atoms with van der Waals surface area (Å²) >= 11 is 0. The van der Waals surface area contributed by atoms with Crippen LogP contribution in [0, 0.1) is 0 Å². The van der Waals surface area contributed by atoms with Crippen molar-refractivity contribution in [2.24, 2.45) is 0 Å². The molecule has 0 saturated carbocycles. The summed E-state index contributed by atoms with van der Waals surface area (Å²) in [5, 5.41) is 9.21. The van der Waals surface area contributed by atoms with Gasteiger partial charge in [0, 0.05) is 12.5 Å². The lowest BCUT2D eigenvalue weighted by molar-refractivity contribution is -0.149. The van der Waals surface area contributed by atoms with E-state index in [1.165, 1.54) is 12.2 Å². The predicted molar refractivity (Wildman–Crippen MR) is 39.8 cm³/mol. The van der Waals surface area contributed by atoms with Gasteiger partial charge in [-0.05, 0) is 6.08 Å². The maximum Gasteiger partial charge on any atom is 0.330 e. The normalized spacial score (nSPS) is 29.7. The van der Waals surface area contributed by atoms with E-state index in [0.717, 1.165) is 0 Å². The molecule has 1 heterocycles. The fourth-order valence-corrected chi connectivity index (χ4v) is 0.911. The molecule has 0 aromatic rings. The monoisotopic (exact) mass is 154 g/mol. The molecule has 0 aromatic heterocycles. The summed E-state index contributed by atoms with van der Waals surface area (Å²) in [6, 6.07) is 0. The van der Waals surface area contributed by atoms with Crippen LogP contribution in [0.5, 0.6) is 0 Å². The van der Waals surface area contributed by atoms with Crippen molar-refractivity contribution in [2.45, 2.75) is 18.6 Å². The minimum atomic E-state index is -0.689. The van der Waals surface area contributed by atoms with Crippen molar-refractivity contribution in [1.82, 2.24) is 0 Å². The van der Waals surface area contributed by atoms with E-state index in [9.17, 15) is 9.90 Å². The van der Waals surface area contributed by atoms with Gasteiger partial charge >= 0.3 is 5.97 Å². The average Bonchev–Trinajstić information content (AvgIpc) is 1.98. The first-order valence-electron chi connectivity index (χ1n) is 3.42. The number of carbonyl (C=O) groups excluding carboxylic acids is 1. The van der Waals surface area contributed by atoms with Gasteiger partial charge in [-0.15, -0.1) is 6.58 Å². The third-order valence-electron chi connectivity index (χ3n) is 1.48. The lowest BCUT2D eigenvalue weighted by Gasteiger charge is -2.21. The molecule has 0 radical (unpaired) electrons. The van der Waals surface area contributed by atoms with E-state index in [1.807, 2.05) is 0 Å². The first kappa shape index (κ1) is 8.01. The Morgan fingerprint density at radius 3 is 3.18 bits per heavy atom. The van der Waals surface area contributed by atoms with Crippen LogP contribution in [0.2, 0.25) is 0 Å². The van der Waals surface area contributed by atoms with Crippen molar-refractivity contribution in [1.29, 1.82) is 0 Å². The lowest BCUT2D eigenvalue weighted by atomic mass is 10.1. The summed E-state index contributed by atoms with van der Waals surface area (Å²) < 4.78 is 4.79. The molecule has 1 rings (SSSR count). The Bertz CT molecular complexity index is 196. The van der Waals surface area contributed by atoms with Gasteiger partial charge in [-0.2, -0.15) is 0 Å². The first-order valence-corrected chi connectivity index (χ1v) is 3.42. The van der Waals surface area contributed by atoms with Crippen LogP contribution in [-0.2, 0) is 9.53 Å². The Morgan fingerprint density at radius 1 is 1.82 bits per heavy atom. The number of hydrogen-bond donors (Lipinski definition) is 1. The molecule has 1 N–H and O–H groups in total. The molecule has 0 amide bonds. The summed E-state index contributed by atoms with van der Waals surface area (Å²) in [4.78, 5) is 10.6. The zero-order valence-corrected chi connectivity index (χ0v) is 6.06. The van der Waals surface area contributed by atoms with Crippen molar-refractivity contribution in [3.8, 4) is 0 Å². The van der Waals surface area contributed by atoms with Gasteiger partial charge in [0.05, 0.1) is 0 Å². The topological polar surface area (TPSA) is 46.5 Å². The second-order valence-corrected chi connectivity index (χ2v) is 2.35. The van der Waals surface area contributed by atoms with E-state index in [1.54, 1.807) is 6.08 Å². The molecule has 60 valence electrons. The van der Waals surface area contributed by atoms with Gasteiger partial charge in [0.15, 0.2) is 0 Å². The molecule has 0 saturated heterocycles. The number of carbonyl (C=O) groups is 1. The van der Waals surface area contributed by atoms with E-state index in [2.05, 4.69) is 6.58 Å². The van der Waals surface area contributed by atoms with E-state index in [0.29, 0.717) is 6.42 Å². The minimum absolute atomic E-state index is 0.401. The molecule has 2 atom stereocenters. The van der Waals surface area contributed by atoms with Gasteiger partial charge < -0.3 is 9.84 Å². The third-order valence-corrected chi connectivity index (χ3v) is 1.48. The molecule has 2 unspecified atom stereocenters. The van der Waals surface area contributed by atoms with E-state index >= 15 is 0 Å². The number of cyclic esters (lactones) is 1. The summed E-state index contributed by atoms with van der Waals surface area (Å²) in [6.07, 6.45) is 3.61. The van der Waals surface area contributed by atoms with Crippen molar-refractivity contribution >= 4 is 5.97 Å². The van der Waals surface area contributed by atoms with Crippen LogP contribution in [0.3, 0.4) is 0 Å². The zero-order valence-electron chi connectivity index (χ0n) is 6.06. The molecule has 11 heavy (non-hydrogen) atoms. The molecule has 0 spiro atoms. The highest BCUT2D eigenvalue weighted by Gasteiger charge is 2.22. The molecule has 3 heteroatoms. The van der Waals surface area contributed by atoms with Crippen LogP contribution in [0.1, 0.15) is 6.42 Å². The molecule has 0 aromatic carbocycles. The third kappa shape index (κ3) is 1.91. The maximum atomic E-state index is 10.6. The number of ether oxygens (including phenoxy) is 1. The fraction of sp³-hybridized carbons (Fsp3) is 0.375. The highest BCUT2D eigenvalue weighted by Crippen LogP contribution is 2.11. The van der Waals surface area contributed by atoms with E-state index < -0.39 is 18.2 Å². The fourth-order valence-electron chi connectivity index (χ4n) is 0.911. The number of hydrogen-bond acceptors (Lipinski definition) is 3. The minimum Gasteiger partial charge on any atom is -0.456 e. The lowest BCUT2D eigenvalue weighted by Crippen LogP contribution is -2.32. The Labute approximate surface area is 65.0 Å². The SMILES string of the molecule is C=CCC1OC(=O)C=CC1O. The van der Waals surface area contributed by atoms with Gasteiger partial charge in [0.1, 0.15) is 12.2 Å². The number of esters is 1. The Balaban J connectivity index is 2.59. The number of aliphatic hydroxyl groups excluding tert-OH is 1. The number of aliphatic hydroxyl groups is 1. The zero-order chi connectivity index (χ0) is 8.27. The quantitative estimate of drug-likeness (QED) is 0.462. The van der Waals surface area contributed by atoms with Gasteiger partial charge in [-0.3, -0.25) is 0 Å². The molecule has 0 aliphatic carbocycles. The van der Waals surface area contributed by atoms with Crippen LogP contribution in [0.25, 0.3) is 0 Å². The summed E-state index contributed by atoms with van der Waals surface area (Å²) in [6.45, 7) is 3.49. The van der Waals surface area contributed by atoms with E-state index in [-0.39, 0.29) is 0 Å². The second kappa shape index (κ2) is 3.34. The molecular formula is C8H10O3. The van der Waals surface area contributed by atoms with Gasteiger partial charge in [0.25, 0.3) is 0 Å². The Hall–Kier alpha value is -1.09. The van der Waals surface area contributed by atoms with Gasteiger partial charge in [-0.1, -0.05) is 6.08 Å². The van der Waals surface area contributed by atoms with Crippen molar-refractivity contribution < 1.29 is 14.6 Å². The highest BCUT2D eigenvalue weighted by atomic mass is 16.6. The van der Waals surface area contributed by atoms with Crippen molar-refractivity contribution in [2.75, 3.05) is 0 Å². The molecule has 1 aliphatic rings. The molecule has 1 aliphatic heterocycles. The van der Waals surface area contributed by atoms with Crippen LogP contribution in [-0.4, -0.2) is 23.3 Å². The summed E-state index contributed by atoms with van der Waals surface area (Å²) in [5.41, 5.74) is 0. The first-order chi connectivity index (χ1) is 5.24. The van der Waals surface area contributed by atoms with Gasteiger partial charge in [0.2, 0.25) is 0 Å². The van der Waals surface area contributed by atoms with Crippen LogP contribution in [0.15, 0.2) is 24.8 Å². The maximum absolute atomic E-state index is 10.6. The predicted octanol–water partition coefficient (Wildman–Crippen LogP) is 0.405. The largest absolute Gasteiger partial charge is 0.456 e. The Kier molecular flexibility index (Phi) is 2.44. The standard InChI is InChI=1S/C8H10O3/c1-2-3-7-6(9)4-5-8(10)11-7/h2,4-7,9H,1,3H2. The van der Waals surface area contributed by atoms with Crippen molar-refractivity contribution in [3.05, 3.63) is 24.8 Å². The van der Waals surface area contributed by atoms with Crippen molar-refractivity contribution in [3.63, 3.8) is 0 Å². The van der Waals surface area contributed by atoms with Crippen LogP contribution >= 0.6 is 0 Å². The average molecular weight is 154 g/mol. The van der Waals surface area contributed by atoms with Crippen LogP contribution < -0.4 is 0 Å². The second-order valence-electron chi connectivity index (χ2n) is 2.35. The molecule has 0 fully saturated rings. The smallest absolute Gasteiger partial charge is 0.330 e. The summed E-state index contributed by atoms with van der Waals surface area (Å²) in [7, 11) is 0. The van der Waals surface area contributed by atoms with Crippen LogP contribution in [0.4, 0.5) is 0 Å². The number of rotatable bonds is 2.